The standard InChI is InChI=1S/C14H26N4/c1-17-11-4-3-5-14(17)7-10-15-9-6-13-8-12-18(2)16-13/h8,12,14-15H,3-7,9-11H2,1-2H3. The lowest BCUT2D eigenvalue weighted by Gasteiger charge is -2.32. The number of nitrogens with one attached hydrogen (secondary N) is 1. The molecule has 1 aliphatic rings. The van der Waals surface area contributed by atoms with Crippen molar-refractivity contribution in [2.24, 2.45) is 7.05 Å². The van der Waals surface area contributed by atoms with Crippen LogP contribution in [0.1, 0.15) is 31.4 Å². The Kier molecular flexibility index (Phi) is 5.20. The van der Waals surface area contributed by atoms with E-state index in [2.05, 4.69) is 28.4 Å². The molecule has 1 saturated heterocycles. The Hall–Kier alpha value is -0.870. The highest BCUT2D eigenvalue weighted by Crippen LogP contribution is 2.16. The van der Waals surface area contributed by atoms with Crippen molar-refractivity contribution in [1.82, 2.24) is 20.0 Å². The number of aromatic nitrogens is 2. The SMILES string of the molecule is CN1CCCCC1CCNCCc1ccn(C)n1. The second-order valence-corrected chi connectivity index (χ2v) is 5.40. The van der Waals surface area contributed by atoms with Gasteiger partial charge in [-0.25, -0.2) is 0 Å². The third kappa shape index (κ3) is 4.10. The first-order valence-electron chi connectivity index (χ1n) is 7.15. The van der Waals surface area contributed by atoms with Gasteiger partial charge in [-0.05, 0) is 45.5 Å². The van der Waals surface area contributed by atoms with Crippen molar-refractivity contribution in [2.45, 2.75) is 38.1 Å². The monoisotopic (exact) mass is 250 g/mol. The molecular weight excluding hydrogens is 224 g/mol. The molecule has 1 unspecified atom stereocenters. The molecule has 4 nitrogen and oxygen atoms in total. The first kappa shape index (κ1) is 13.6. The van der Waals surface area contributed by atoms with Gasteiger partial charge in [0.1, 0.15) is 0 Å². The molecule has 2 rings (SSSR count). The van der Waals surface area contributed by atoms with Crippen LogP contribution >= 0.6 is 0 Å². The molecule has 1 N–H and O–H groups in total. The number of hydrogen-bond donors (Lipinski definition) is 1. The molecule has 18 heavy (non-hydrogen) atoms. The molecule has 102 valence electrons. The van der Waals surface area contributed by atoms with Crippen LogP contribution in [0.2, 0.25) is 0 Å². The van der Waals surface area contributed by atoms with Gasteiger partial charge in [0, 0.05) is 32.3 Å². The van der Waals surface area contributed by atoms with Crippen molar-refractivity contribution in [3.63, 3.8) is 0 Å². The zero-order chi connectivity index (χ0) is 12.8. The number of likely N-dealkylation sites (tertiary alicyclic amines) is 1. The predicted octanol–water partition coefficient (Wildman–Crippen LogP) is 1.43. The number of aryl methyl sites for hydroxylation is 1. The van der Waals surface area contributed by atoms with Crippen LogP contribution in [-0.4, -0.2) is 47.4 Å². The maximum atomic E-state index is 4.38. The number of hydrogen-bond acceptors (Lipinski definition) is 3. The summed E-state index contributed by atoms with van der Waals surface area (Å²) in [5.74, 6) is 0. The number of piperidine rings is 1. The fourth-order valence-electron chi connectivity index (χ4n) is 2.72. The Labute approximate surface area is 110 Å². The molecule has 1 fully saturated rings. The van der Waals surface area contributed by atoms with Crippen LogP contribution in [0, 0.1) is 0 Å². The summed E-state index contributed by atoms with van der Waals surface area (Å²) in [6.07, 6.45) is 8.47. The molecule has 0 spiro atoms. The van der Waals surface area contributed by atoms with Crippen molar-refractivity contribution >= 4 is 0 Å². The molecule has 0 aliphatic carbocycles. The van der Waals surface area contributed by atoms with Gasteiger partial charge in [0.05, 0.1) is 5.69 Å². The van der Waals surface area contributed by atoms with E-state index in [9.17, 15) is 0 Å². The summed E-state index contributed by atoms with van der Waals surface area (Å²) in [6.45, 7) is 3.44. The van der Waals surface area contributed by atoms with Gasteiger partial charge in [-0.1, -0.05) is 6.42 Å². The van der Waals surface area contributed by atoms with Gasteiger partial charge < -0.3 is 10.2 Å². The molecule has 0 radical (unpaired) electrons. The van der Waals surface area contributed by atoms with Crippen LogP contribution < -0.4 is 5.32 Å². The summed E-state index contributed by atoms with van der Waals surface area (Å²) >= 11 is 0. The smallest absolute Gasteiger partial charge is 0.0637 e. The lowest BCUT2D eigenvalue weighted by atomic mass is 10.0. The quantitative estimate of drug-likeness (QED) is 0.775. The van der Waals surface area contributed by atoms with Crippen molar-refractivity contribution in [3.05, 3.63) is 18.0 Å². The molecule has 1 aromatic heterocycles. The summed E-state index contributed by atoms with van der Waals surface area (Å²) in [7, 11) is 4.23. The Morgan fingerprint density at radius 1 is 1.33 bits per heavy atom. The molecule has 1 aromatic rings. The maximum absolute atomic E-state index is 4.38. The van der Waals surface area contributed by atoms with E-state index in [1.54, 1.807) is 0 Å². The highest BCUT2D eigenvalue weighted by molar-refractivity contribution is 4.98. The van der Waals surface area contributed by atoms with Crippen molar-refractivity contribution < 1.29 is 0 Å². The Morgan fingerprint density at radius 3 is 2.94 bits per heavy atom. The number of rotatable bonds is 6. The van der Waals surface area contributed by atoms with E-state index in [-0.39, 0.29) is 0 Å². The predicted molar refractivity (Wildman–Crippen MR) is 74.7 cm³/mol. The van der Waals surface area contributed by atoms with Gasteiger partial charge in [0.2, 0.25) is 0 Å². The fourth-order valence-corrected chi connectivity index (χ4v) is 2.72. The van der Waals surface area contributed by atoms with E-state index < -0.39 is 0 Å². The highest BCUT2D eigenvalue weighted by atomic mass is 15.2. The van der Waals surface area contributed by atoms with Gasteiger partial charge in [-0.2, -0.15) is 5.10 Å². The fraction of sp³-hybridized carbons (Fsp3) is 0.786. The van der Waals surface area contributed by atoms with E-state index >= 15 is 0 Å². The highest BCUT2D eigenvalue weighted by Gasteiger charge is 2.17. The molecule has 0 amide bonds. The largest absolute Gasteiger partial charge is 0.316 e. The summed E-state index contributed by atoms with van der Waals surface area (Å²) < 4.78 is 1.87. The van der Waals surface area contributed by atoms with E-state index in [4.69, 9.17) is 0 Å². The van der Waals surface area contributed by atoms with Crippen LogP contribution in [0.3, 0.4) is 0 Å². The molecule has 2 heterocycles. The molecule has 0 saturated carbocycles. The minimum atomic E-state index is 0.793. The topological polar surface area (TPSA) is 33.1 Å². The zero-order valence-electron chi connectivity index (χ0n) is 11.7. The van der Waals surface area contributed by atoms with Gasteiger partial charge in [-0.3, -0.25) is 4.68 Å². The Balaban J connectivity index is 1.55. The lowest BCUT2D eigenvalue weighted by Crippen LogP contribution is -2.38. The molecule has 0 bridgehead atoms. The minimum Gasteiger partial charge on any atom is -0.316 e. The molecule has 1 aliphatic heterocycles. The first-order valence-corrected chi connectivity index (χ1v) is 7.15. The summed E-state index contributed by atoms with van der Waals surface area (Å²) in [6, 6.07) is 2.89. The summed E-state index contributed by atoms with van der Waals surface area (Å²) in [5, 5.41) is 7.91. The molecule has 4 heteroatoms. The van der Waals surface area contributed by atoms with Gasteiger partial charge >= 0.3 is 0 Å². The van der Waals surface area contributed by atoms with Crippen molar-refractivity contribution in [1.29, 1.82) is 0 Å². The van der Waals surface area contributed by atoms with Crippen LogP contribution in [0.5, 0.6) is 0 Å². The van der Waals surface area contributed by atoms with Crippen LogP contribution in [0.25, 0.3) is 0 Å². The van der Waals surface area contributed by atoms with Crippen LogP contribution in [0.15, 0.2) is 12.3 Å². The third-order valence-corrected chi connectivity index (χ3v) is 3.90. The second kappa shape index (κ2) is 6.90. The zero-order valence-corrected chi connectivity index (χ0v) is 11.7. The first-order chi connectivity index (χ1) is 8.75. The third-order valence-electron chi connectivity index (χ3n) is 3.90. The molecule has 0 aromatic carbocycles. The Morgan fingerprint density at radius 2 is 2.22 bits per heavy atom. The molecular formula is C14H26N4. The average molecular weight is 250 g/mol. The summed E-state index contributed by atoms with van der Waals surface area (Å²) in [4.78, 5) is 2.52. The van der Waals surface area contributed by atoms with Crippen LogP contribution in [0.4, 0.5) is 0 Å². The van der Waals surface area contributed by atoms with Crippen molar-refractivity contribution in [3.8, 4) is 0 Å². The Bertz CT molecular complexity index is 347. The molecule has 1 atom stereocenters. The van der Waals surface area contributed by atoms with Gasteiger partial charge in [-0.15, -0.1) is 0 Å². The van der Waals surface area contributed by atoms with Gasteiger partial charge in [0.25, 0.3) is 0 Å². The van der Waals surface area contributed by atoms with E-state index in [0.29, 0.717) is 0 Å². The average Bonchev–Trinajstić information content (AvgIpc) is 2.77. The van der Waals surface area contributed by atoms with E-state index in [1.165, 1.54) is 37.9 Å². The van der Waals surface area contributed by atoms with E-state index in [1.807, 2.05) is 17.9 Å². The lowest BCUT2D eigenvalue weighted by molar-refractivity contribution is 0.175. The number of nitrogens with zero attached hydrogens (tertiary/aromatic N) is 3. The summed E-state index contributed by atoms with van der Waals surface area (Å²) in [5.41, 5.74) is 1.18. The van der Waals surface area contributed by atoms with Gasteiger partial charge in [0.15, 0.2) is 0 Å². The normalized spacial score (nSPS) is 21.3. The second-order valence-electron chi connectivity index (χ2n) is 5.40. The van der Waals surface area contributed by atoms with Crippen molar-refractivity contribution in [2.75, 3.05) is 26.7 Å². The van der Waals surface area contributed by atoms with Crippen LogP contribution in [-0.2, 0) is 13.5 Å². The van der Waals surface area contributed by atoms with E-state index in [0.717, 1.165) is 25.6 Å². The maximum Gasteiger partial charge on any atom is 0.0637 e. The minimum absolute atomic E-state index is 0.793.